The van der Waals surface area contributed by atoms with Gasteiger partial charge in [0.15, 0.2) is 8.32 Å². The first-order valence-electron chi connectivity index (χ1n) is 5.42. The quantitative estimate of drug-likeness (QED) is 0.675. The van der Waals surface area contributed by atoms with Gasteiger partial charge in [-0.25, -0.2) is 0 Å². The Kier molecular flexibility index (Phi) is 6.07. The molecule has 0 heterocycles. The van der Waals surface area contributed by atoms with Crippen molar-refractivity contribution in [1.82, 2.24) is 0 Å². The summed E-state index contributed by atoms with van der Waals surface area (Å²) in [7, 11) is -5.33. The summed E-state index contributed by atoms with van der Waals surface area (Å²) >= 11 is 0. The molecule has 0 saturated heterocycles. The SMILES string of the molecule is C=C[Si]O[Si](C)(C)O[Si](C)(C)O[Si](C)(C)C. The van der Waals surface area contributed by atoms with E-state index in [1.54, 1.807) is 5.70 Å². The van der Waals surface area contributed by atoms with Gasteiger partial charge >= 0.3 is 17.1 Å². The zero-order valence-electron chi connectivity index (χ0n) is 11.5. The van der Waals surface area contributed by atoms with Gasteiger partial charge in [-0.1, -0.05) is 5.70 Å². The van der Waals surface area contributed by atoms with E-state index in [9.17, 15) is 0 Å². The van der Waals surface area contributed by atoms with E-state index in [0.717, 1.165) is 0 Å². The van der Waals surface area contributed by atoms with Gasteiger partial charge in [0, 0.05) is 0 Å². The van der Waals surface area contributed by atoms with Crippen LogP contribution < -0.4 is 0 Å². The average molecular weight is 293 g/mol. The van der Waals surface area contributed by atoms with Crippen molar-refractivity contribution in [2.45, 2.75) is 45.8 Å². The van der Waals surface area contributed by atoms with Crippen molar-refractivity contribution in [1.29, 1.82) is 0 Å². The smallest absolute Gasteiger partial charge is 0.312 e. The van der Waals surface area contributed by atoms with E-state index < -0.39 is 25.4 Å². The van der Waals surface area contributed by atoms with Crippen LogP contribution in [0.25, 0.3) is 0 Å². The Hall–Kier alpha value is 0.488. The number of rotatable bonds is 7. The molecule has 0 fully saturated rings. The molecule has 0 rings (SSSR count). The molecule has 3 nitrogen and oxygen atoms in total. The second-order valence-electron chi connectivity index (χ2n) is 5.54. The molecule has 16 heavy (non-hydrogen) atoms. The molecule has 0 bridgehead atoms. The van der Waals surface area contributed by atoms with Crippen molar-refractivity contribution in [3.63, 3.8) is 0 Å². The Labute approximate surface area is 106 Å². The molecule has 0 aliphatic heterocycles. The van der Waals surface area contributed by atoms with Crippen molar-refractivity contribution in [2.75, 3.05) is 0 Å². The standard InChI is InChI=1S/C9H24O3Si4/c1-9-13-10-15(5,6)12-16(7,8)11-14(2,3)4/h9H,1H2,2-8H3. The first-order valence-corrected chi connectivity index (χ1v) is 15.4. The second-order valence-corrected chi connectivity index (χ2v) is 18.5. The number of hydrogen-bond acceptors (Lipinski definition) is 3. The van der Waals surface area contributed by atoms with Crippen LogP contribution in [0.4, 0.5) is 0 Å². The molecule has 0 aliphatic rings. The Morgan fingerprint density at radius 1 is 0.875 bits per heavy atom. The zero-order chi connectivity index (χ0) is 13.0. The van der Waals surface area contributed by atoms with E-state index in [1.807, 2.05) is 0 Å². The topological polar surface area (TPSA) is 27.7 Å². The van der Waals surface area contributed by atoms with Gasteiger partial charge in [0.05, 0.1) is 0 Å². The molecule has 0 N–H and O–H groups in total. The monoisotopic (exact) mass is 292 g/mol. The predicted octanol–water partition coefficient (Wildman–Crippen LogP) is 3.04. The summed E-state index contributed by atoms with van der Waals surface area (Å²) in [5.41, 5.74) is 1.78. The van der Waals surface area contributed by atoms with Crippen LogP contribution in [-0.4, -0.2) is 35.2 Å². The molecule has 94 valence electrons. The molecule has 0 amide bonds. The van der Waals surface area contributed by atoms with E-state index in [1.165, 1.54) is 0 Å². The first-order chi connectivity index (χ1) is 6.97. The van der Waals surface area contributed by atoms with Crippen LogP contribution in [0.5, 0.6) is 0 Å². The van der Waals surface area contributed by atoms with E-state index >= 15 is 0 Å². The minimum atomic E-state index is -2.06. The molecule has 0 aromatic carbocycles. The minimum Gasteiger partial charge on any atom is -0.437 e. The van der Waals surface area contributed by atoms with Crippen LogP contribution in [0.2, 0.25) is 45.8 Å². The lowest BCUT2D eigenvalue weighted by atomic mass is 11.3. The van der Waals surface area contributed by atoms with Gasteiger partial charge in [-0.05, 0) is 45.8 Å². The number of hydrogen-bond donors (Lipinski definition) is 0. The lowest BCUT2D eigenvalue weighted by molar-refractivity contribution is 0.339. The fraction of sp³-hybridized carbons (Fsp3) is 0.778. The fourth-order valence-electron chi connectivity index (χ4n) is 1.55. The maximum Gasteiger partial charge on any atom is 0.312 e. The van der Waals surface area contributed by atoms with E-state index in [-0.39, 0.29) is 0 Å². The van der Waals surface area contributed by atoms with Crippen molar-refractivity contribution >= 4 is 35.2 Å². The molecule has 0 unspecified atom stereocenters. The summed E-state index contributed by atoms with van der Waals surface area (Å²) < 4.78 is 18.0. The Bertz CT molecular complexity index is 235. The molecule has 0 spiro atoms. The van der Waals surface area contributed by atoms with E-state index in [0.29, 0.717) is 9.76 Å². The van der Waals surface area contributed by atoms with Crippen molar-refractivity contribution in [3.05, 3.63) is 12.3 Å². The van der Waals surface area contributed by atoms with Crippen molar-refractivity contribution in [3.8, 4) is 0 Å². The molecule has 0 atom stereocenters. The van der Waals surface area contributed by atoms with Crippen LogP contribution >= 0.6 is 0 Å². The van der Waals surface area contributed by atoms with Gasteiger partial charge in [-0.3, -0.25) is 0 Å². The summed E-state index contributed by atoms with van der Waals surface area (Å²) in [6.07, 6.45) is 0. The molecular weight excluding hydrogens is 268 g/mol. The zero-order valence-corrected chi connectivity index (χ0v) is 15.5. The molecule has 7 heteroatoms. The third-order valence-corrected chi connectivity index (χ3v) is 12.4. The maximum absolute atomic E-state index is 6.13. The second kappa shape index (κ2) is 5.89. The molecule has 0 aromatic heterocycles. The highest BCUT2D eigenvalue weighted by molar-refractivity contribution is 6.86. The Morgan fingerprint density at radius 2 is 1.38 bits per heavy atom. The molecule has 0 aromatic rings. The summed E-state index contributed by atoms with van der Waals surface area (Å²) in [6.45, 7) is 18.5. The van der Waals surface area contributed by atoms with Gasteiger partial charge < -0.3 is 12.3 Å². The summed E-state index contributed by atoms with van der Waals surface area (Å²) in [4.78, 5) is 0. The van der Waals surface area contributed by atoms with Crippen LogP contribution in [0.1, 0.15) is 0 Å². The Morgan fingerprint density at radius 3 is 1.75 bits per heavy atom. The largest absolute Gasteiger partial charge is 0.437 e. The average Bonchev–Trinajstić information content (AvgIpc) is 1.93. The highest BCUT2D eigenvalue weighted by Crippen LogP contribution is 2.20. The lowest BCUT2D eigenvalue weighted by Crippen LogP contribution is -2.52. The lowest BCUT2D eigenvalue weighted by Gasteiger charge is -2.36. The van der Waals surface area contributed by atoms with Crippen molar-refractivity contribution in [2.24, 2.45) is 0 Å². The summed E-state index contributed by atoms with van der Waals surface area (Å²) in [5, 5.41) is 0. The van der Waals surface area contributed by atoms with Gasteiger partial charge in [0.25, 0.3) is 0 Å². The predicted molar refractivity (Wildman–Crippen MR) is 77.5 cm³/mol. The van der Waals surface area contributed by atoms with Crippen LogP contribution in [-0.2, 0) is 12.3 Å². The van der Waals surface area contributed by atoms with Crippen LogP contribution in [0.3, 0.4) is 0 Å². The minimum absolute atomic E-state index is 0.319. The van der Waals surface area contributed by atoms with E-state index in [4.69, 9.17) is 12.3 Å². The molecule has 2 radical (unpaired) electrons. The molecular formula is C9H24O3Si4. The maximum atomic E-state index is 6.13. The van der Waals surface area contributed by atoms with Gasteiger partial charge in [0.1, 0.15) is 0 Å². The van der Waals surface area contributed by atoms with E-state index in [2.05, 4.69) is 52.4 Å². The molecule has 0 saturated carbocycles. The normalized spacial score (nSPS) is 13.9. The summed E-state index contributed by atoms with van der Waals surface area (Å²) in [5.74, 6) is 0. The van der Waals surface area contributed by atoms with Crippen LogP contribution in [0, 0.1) is 0 Å². The third-order valence-electron chi connectivity index (χ3n) is 1.43. The Balaban J connectivity index is 4.38. The van der Waals surface area contributed by atoms with Crippen molar-refractivity contribution < 1.29 is 12.3 Å². The highest BCUT2D eigenvalue weighted by Gasteiger charge is 2.38. The molecule has 0 aliphatic carbocycles. The van der Waals surface area contributed by atoms with Gasteiger partial charge in [-0.15, -0.1) is 6.58 Å². The fourth-order valence-corrected chi connectivity index (χ4v) is 14.7. The third kappa shape index (κ3) is 8.62. The van der Waals surface area contributed by atoms with Crippen LogP contribution in [0.15, 0.2) is 12.3 Å². The van der Waals surface area contributed by atoms with Gasteiger partial charge in [-0.2, -0.15) is 0 Å². The summed E-state index contributed by atoms with van der Waals surface area (Å²) in [6, 6.07) is 0. The highest BCUT2D eigenvalue weighted by atomic mass is 28.5. The van der Waals surface area contributed by atoms with Gasteiger partial charge in [0.2, 0.25) is 9.76 Å². The first kappa shape index (κ1) is 16.5.